The molecule has 0 saturated heterocycles. The minimum absolute atomic E-state index is 0.139. The molecule has 0 saturated carbocycles. The average Bonchev–Trinajstić information content (AvgIpc) is 3.55. The van der Waals surface area contributed by atoms with Crippen LogP contribution < -0.4 is 15.0 Å². The van der Waals surface area contributed by atoms with E-state index in [1.165, 1.54) is 26.4 Å². The summed E-state index contributed by atoms with van der Waals surface area (Å²) in [6.07, 6.45) is 2.09. The fourth-order valence-electron chi connectivity index (χ4n) is 4.43. The van der Waals surface area contributed by atoms with Gasteiger partial charge in [-0.2, -0.15) is 0 Å². The van der Waals surface area contributed by atoms with Crippen LogP contribution in [0.4, 0.5) is 4.39 Å². The summed E-state index contributed by atoms with van der Waals surface area (Å²) in [4.78, 5) is 16.0. The van der Waals surface area contributed by atoms with E-state index in [0.717, 1.165) is 11.8 Å². The van der Waals surface area contributed by atoms with Crippen LogP contribution in [0.25, 0.3) is 33.6 Å². The number of unbranched alkanes of at least 4 members (excludes halogenated alkanes) is 1. The van der Waals surface area contributed by atoms with Gasteiger partial charge in [0, 0.05) is 11.1 Å². The van der Waals surface area contributed by atoms with Crippen LogP contribution in [0.3, 0.4) is 0 Å². The molecule has 196 valence electrons. The molecular formula is C27H25FN4O6. The summed E-state index contributed by atoms with van der Waals surface area (Å²) in [5.74, 6) is -1.04. The van der Waals surface area contributed by atoms with Gasteiger partial charge < -0.3 is 28.5 Å². The van der Waals surface area contributed by atoms with Gasteiger partial charge in [-0.1, -0.05) is 30.6 Å². The molecule has 0 aliphatic heterocycles. The van der Waals surface area contributed by atoms with Crippen molar-refractivity contribution in [3.63, 3.8) is 0 Å². The van der Waals surface area contributed by atoms with Gasteiger partial charge in [-0.3, -0.25) is 4.79 Å². The zero-order valence-corrected chi connectivity index (χ0v) is 21.0. The second-order valence-electron chi connectivity index (χ2n) is 8.60. The molecule has 10 nitrogen and oxygen atoms in total. The zero-order chi connectivity index (χ0) is 26.8. The summed E-state index contributed by atoms with van der Waals surface area (Å²) >= 11 is 0. The fraction of sp³-hybridized carbons (Fsp3) is 0.259. The van der Waals surface area contributed by atoms with E-state index in [0.29, 0.717) is 29.8 Å². The molecule has 2 aromatic carbocycles. The highest BCUT2D eigenvalue weighted by atomic mass is 19.1. The Hall–Kier alpha value is -4.67. The molecule has 0 aliphatic rings. The Morgan fingerprint density at radius 2 is 1.87 bits per heavy atom. The van der Waals surface area contributed by atoms with Gasteiger partial charge in [0.25, 0.3) is 11.4 Å². The molecule has 0 aliphatic carbocycles. The normalized spacial score (nSPS) is 11.3. The quantitative estimate of drug-likeness (QED) is 0.274. The third-order valence-electron chi connectivity index (χ3n) is 6.24. The maximum absolute atomic E-state index is 14.8. The number of methoxy groups -OCH3 is 2. The molecule has 3 aromatic heterocycles. The van der Waals surface area contributed by atoms with Crippen molar-refractivity contribution in [3.05, 3.63) is 69.8 Å². The lowest BCUT2D eigenvalue weighted by Gasteiger charge is -2.19. The highest BCUT2D eigenvalue weighted by molar-refractivity contribution is 5.87. The van der Waals surface area contributed by atoms with Gasteiger partial charge >= 0.3 is 0 Å². The number of H-pyrrole nitrogens is 1. The van der Waals surface area contributed by atoms with Crippen molar-refractivity contribution in [2.45, 2.75) is 32.6 Å². The number of halogens is 1. The maximum Gasteiger partial charge on any atom is 0.264 e. The maximum atomic E-state index is 14.8. The van der Waals surface area contributed by atoms with Crippen LogP contribution in [0.1, 0.15) is 37.0 Å². The smallest absolute Gasteiger partial charge is 0.264 e. The average molecular weight is 521 g/mol. The van der Waals surface area contributed by atoms with Crippen molar-refractivity contribution < 1.29 is 27.9 Å². The predicted molar refractivity (Wildman–Crippen MR) is 136 cm³/mol. The van der Waals surface area contributed by atoms with Crippen LogP contribution in [0.2, 0.25) is 0 Å². The molecule has 3 heterocycles. The molecule has 0 amide bonds. The number of aromatic hydroxyl groups is 1. The summed E-state index contributed by atoms with van der Waals surface area (Å²) in [5, 5.41) is 24.4. The summed E-state index contributed by atoms with van der Waals surface area (Å²) in [6, 6.07) is 9.97. The number of pyridine rings is 1. The van der Waals surface area contributed by atoms with Crippen LogP contribution in [0.5, 0.6) is 17.2 Å². The number of aryl methyl sites for hydroxylation is 1. The van der Waals surface area contributed by atoms with Crippen LogP contribution in [0, 0.1) is 5.82 Å². The van der Waals surface area contributed by atoms with E-state index in [1.807, 2.05) is 25.1 Å². The summed E-state index contributed by atoms with van der Waals surface area (Å²) < 4.78 is 36.7. The van der Waals surface area contributed by atoms with Crippen molar-refractivity contribution in [1.82, 2.24) is 20.3 Å². The number of para-hydroxylation sites is 1. The topological polar surface area (TPSA) is 136 Å². The Morgan fingerprint density at radius 1 is 1.05 bits per heavy atom. The van der Waals surface area contributed by atoms with E-state index < -0.39 is 17.1 Å². The minimum atomic E-state index is -0.656. The lowest BCUT2D eigenvalue weighted by molar-refractivity contribution is 0.376. The number of rotatable bonds is 9. The van der Waals surface area contributed by atoms with Crippen molar-refractivity contribution in [2.24, 2.45) is 0 Å². The number of hydrogen-bond acceptors (Lipinski definition) is 9. The Morgan fingerprint density at radius 3 is 2.63 bits per heavy atom. The summed E-state index contributed by atoms with van der Waals surface area (Å²) in [6.45, 7) is 1.99. The molecule has 38 heavy (non-hydrogen) atoms. The standard InChI is InChI=1S/C27H25FN4O6/c1-4-5-9-16-21(22-19(35-2)12-11-15(28)25(22)36-3)24(33)23(26(34)29-16)27-31-30-20(37-27)13-17-14-8-6-7-10-18(14)38-32-17/h6-8,10-12H,4-5,9,13H2,1-3H3,(H2,29,33,34). The summed E-state index contributed by atoms with van der Waals surface area (Å²) in [5.41, 5.74) is 1.02. The van der Waals surface area contributed by atoms with Crippen LogP contribution in [0.15, 0.2) is 50.1 Å². The van der Waals surface area contributed by atoms with Gasteiger partial charge in [0.15, 0.2) is 17.1 Å². The Labute approximate surface area is 216 Å². The second-order valence-corrected chi connectivity index (χ2v) is 8.60. The van der Waals surface area contributed by atoms with Crippen molar-refractivity contribution >= 4 is 11.0 Å². The van der Waals surface area contributed by atoms with Crippen molar-refractivity contribution in [3.8, 4) is 39.8 Å². The van der Waals surface area contributed by atoms with E-state index in [-0.39, 0.29) is 46.4 Å². The van der Waals surface area contributed by atoms with E-state index >= 15 is 0 Å². The molecule has 0 bridgehead atoms. The predicted octanol–water partition coefficient (Wildman–Crippen LogP) is 5.03. The first-order valence-electron chi connectivity index (χ1n) is 12.0. The van der Waals surface area contributed by atoms with Gasteiger partial charge in [0.1, 0.15) is 22.8 Å². The molecule has 2 N–H and O–H groups in total. The van der Waals surface area contributed by atoms with Crippen molar-refractivity contribution in [2.75, 3.05) is 14.2 Å². The Bertz CT molecular complexity index is 1670. The SMILES string of the molecule is CCCCc1[nH]c(=O)c(-c2nnc(Cc3noc4ccccc34)o2)c(O)c1-c1c(OC)ccc(F)c1OC. The lowest BCUT2D eigenvalue weighted by Crippen LogP contribution is -2.14. The van der Waals surface area contributed by atoms with E-state index in [4.69, 9.17) is 18.4 Å². The minimum Gasteiger partial charge on any atom is -0.506 e. The summed E-state index contributed by atoms with van der Waals surface area (Å²) in [7, 11) is 2.73. The van der Waals surface area contributed by atoms with Gasteiger partial charge in [-0.25, -0.2) is 4.39 Å². The lowest BCUT2D eigenvalue weighted by atomic mass is 9.95. The van der Waals surface area contributed by atoms with Crippen LogP contribution in [-0.2, 0) is 12.8 Å². The highest BCUT2D eigenvalue weighted by Gasteiger charge is 2.29. The van der Waals surface area contributed by atoms with E-state index in [1.54, 1.807) is 6.07 Å². The first kappa shape index (κ1) is 25.0. The van der Waals surface area contributed by atoms with Crippen LogP contribution in [-0.4, -0.2) is 39.7 Å². The molecule has 11 heteroatoms. The van der Waals surface area contributed by atoms with Gasteiger partial charge in [0.05, 0.1) is 31.8 Å². The molecule has 0 atom stereocenters. The Kier molecular flexibility index (Phi) is 6.82. The second kappa shape index (κ2) is 10.4. The molecule has 0 unspecified atom stereocenters. The molecule has 0 spiro atoms. The molecule has 0 radical (unpaired) electrons. The van der Waals surface area contributed by atoms with Gasteiger partial charge in [-0.05, 0) is 37.1 Å². The van der Waals surface area contributed by atoms with Crippen LogP contribution >= 0.6 is 0 Å². The highest BCUT2D eigenvalue weighted by Crippen LogP contribution is 2.47. The fourth-order valence-corrected chi connectivity index (χ4v) is 4.43. The number of nitrogens with zero attached hydrogens (tertiary/aromatic N) is 3. The van der Waals surface area contributed by atoms with E-state index in [2.05, 4.69) is 20.3 Å². The number of aromatic nitrogens is 4. The number of benzene rings is 2. The molecule has 5 rings (SSSR count). The Balaban J connectivity index is 1.65. The van der Waals surface area contributed by atoms with E-state index in [9.17, 15) is 14.3 Å². The monoisotopic (exact) mass is 520 g/mol. The number of nitrogens with one attached hydrogen (secondary N) is 1. The number of fused-ring (bicyclic) bond motifs is 1. The van der Waals surface area contributed by atoms with Crippen molar-refractivity contribution in [1.29, 1.82) is 0 Å². The molecule has 5 aromatic rings. The van der Waals surface area contributed by atoms with Gasteiger partial charge in [-0.15, -0.1) is 10.2 Å². The first-order chi connectivity index (χ1) is 18.5. The zero-order valence-electron chi connectivity index (χ0n) is 21.0. The molecular weight excluding hydrogens is 495 g/mol. The third kappa shape index (κ3) is 4.36. The number of hydrogen-bond donors (Lipinski definition) is 2. The van der Waals surface area contributed by atoms with Gasteiger partial charge in [0.2, 0.25) is 5.89 Å². The number of aromatic amines is 1. The number of ether oxygens (including phenoxy) is 2. The molecule has 0 fully saturated rings. The first-order valence-corrected chi connectivity index (χ1v) is 12.0. The largest absolute Gasteiger partial charge is 0.506 e. The third-order valence-corrected chi connectivity index (χ3v) is 6.24.